The maximum Gasteiger partial charge on any atom is 0.271 e. The van der Waals surface area contributed by atoms with Crippen molar-refractivity contribution in [1.29, 1.82) is 0 Å². The van der Waals surface area contributed by atoms with Gasteiger partial charge in [-0.3, -0.25) is 14.0 Å². The SMILES string of the molecule is CC1=CC(C)C(c2cc3c(cc2F)C(=O)c2c(s[nH]c2=O)N(C2CC2)C3)C=C1. The Kier molecular flexibility index (Phi) is 3.95. The van der Waals surface area contributed by atoms with Crippen molar-refractivity contribution in [2.45, 2.75) is 45.2 Å². The number of carbonyl (C=O) groups excluding carboxylic acids is 1. The predicted molar refractivity (Wildman–Crippen MR) is 109 cm³/mol. The minimum atomic E-state index is -0.380. The highest BCUT2D eigenvalue weighted by atomic mass is 32.1. The lowest BCUT2D eigenvalue weighted by Crippen LogP contribution is -2.24. The van der Waals surface area contributed by atoms with E-state index < -0.39 is 0 Å². The number of benzene rings is 1. The molecule has 5 rings (SSSR count). The Balaban J connectivity index is 1.64. The van der Waals surface area contributed by atoms with Gasteiger partial charge in [0.25, 0.3) is 5.56 Å². The normalized spacial score (nSPS) is 23.9. The molecule has 0 bridgehead atoms. The van der Waals surface area contributed by atoms with Gasteiger partial charge in [0.15, 0.2) is 0 Å². The Morgan fingerprint density at radius 3 is 2.75 bits per heavy atom. The maximum absolute atomic E-state index is 15.1. The molecule has 1 fully saturated rings. The van der Waals surface area contributed by atoms with Gasteiger partial charge in [0.1, 0.15) is 16.4 Å². The van der Waals surface area contributed by atoms with Gasteiger partial charge in [-0.05, 0) is 60.5 Å². The molecule has 1 aromatic carbocycles. The minimum Gasteiger partial charge on any atom is -0.354 e. The van der Waals surface area contributed by atoms with Gasteiger partial charge in [0, 0.05) is 24.1 Å². The molecule has 0 saturated heterocycles. The second-order valence-electron chi connectivity index (χ2n) is 8.09. The predicted octanol–water partition coefficient (Wildman–Crippen LogP) is 4.52. The molecule has 1 saturated carbocycles. The van der Waals surface area contributed by atoms with E-state index in [0.29, 0.717) is 28.7 Å². The summed E-state index contributed by atoms with van der Waals surface area (Å²) in [5.74, 6) is -0.624. The van der Waals surface area contributed by atoms with E-state index in [2.05, 4.69) is 22.3 Å². The van der Waals surface area contributed by atoms with Gasteiger partial charge >= 0.3 is 0 Å². The van der Waals surface area contributed by atoms with Gasteiger partial charge in [-0.25, -0.2) is 4.39 Å². The molecule has 2 unspecified atom stereocenters. The van der Waals surface area contributed by atoms with Crippen molar-refractivity contribution in [2.24, 2.45) is 5.92 Å². The Morgan fingerprint density at radius 2 is 2.04 bits per heavy atom. The average Bonchev–Trinajstić information content (AvgIpc) is 3.43. The number of nitrogens with one attached hydrogen (secondary N) is 1. The molecule has 2 heterocycles. The number of halogens is 1. The third-order valence-corrected chi connectivity index (χ3v) is 6.90. The van der Waals surface area contributed by atoms with Gasteiger partial charge in [-0.1, -0.05) is 30.7 Å². The minimum absolute atomic E-state index is 0.0563. The van der Waals surface area contributed by atoms with E-state index in [4.69, 9.17) is 0 Å². The number of hydrogen-bond acceptors (Lipinski definition) is 4. The zero-order chi connectivity index (χ0) is 19.6. The van der Waals surface area contributed by atoms with Crippen molar-refractivity contribution >= 4 is 22.3 Å². The van der Waals surface area contributed by atoms with Crippen LogP contribution in [0.1, 0.15) is 59.7 Å². The first-order valence-electron chi connectivity index (χ1n) is 9.65. The van der Waals surface area contributed by atoms with E-state index in [9.17, 15) is 9.59 Å². The molecule has 2 aromatic rings. The summed E-state index contributed by atoms with van der Waals surface area (Å²) in [6.45, 7) is 4.65. The number of hydrogen-bond donors (Lipinski definition) is 1. The summed E-state index contributed by atoms with van der Waals surface area (Å²) in [5.41, 5.74) is 2.70. The summed E-state index contributed by atoms with van der Waals surface area (Å²) in [6.07, 6.45) is 8.32. The fourth-order valence-electron chi connectivity index (χ4n) is 4.39. The van der Waals surface area contributed by atoms with Crippen LogP contribution >= 0.6 is 11.5 Å². The van der Waals surface area contributed by atoms with Crippen LogP contribution in [0.25, 0.3) is 0 Å². The molecule has 2 aliphatic carbocycles. The van der Waals surface area contributed by atoms with Crippen LogP contribution in [0.3, 0.4) is 0 Å². The summed E-state index contributed by atoms with van der Waals surface area (Å²) in [5, 5.41) is 0.695. The van der Waals surface area contributed by atoms with Crippen LogP contribution in [0, 0.1) is 11.7 Å². The molecule has 0 spiro atoms. The van der Waals surface area contributed by atoms with E-state index >= 15 is 4.39 Å². The third-order valence-electron chi connectivity index (χ3n) is 5.98. The van der Waals surface area contributed by atoms with Gasteiger partial charge in [-0.15, -0.1) is 0 Å². The van der Waals surface area contributed by atoms with Crippen LogP contribution in [-0.2, 0) is 6.54 Å². The summed E-state index contributed by atoms with van der Waals surface area (Å²) in [6, 6.07) is 3.54. The highest BCUT2D eigenvalue weighted by molar-refractivity contribution is 7.10. The van der Waals surface area contributed by atoms with E-state index in [1.807, 2.05) is 25.1 Å². The van der Waals surface area contributed by atoms with Gasteiger partial charge in [0.05, 0.1) is 0 Å². The Morgan fingerprint density at radius 1 is 1.25 bits per heavy atom. The first-order chi connectivity index (χ1) is 13.4. The van der Waals surface area contributed by atoms with Crippen molar-refractivity contribution < 1.29 is 9.18 Å². The Hall–Kier alpha value is -2.47. The number of nitrogens with zero attached hydrogens (tertiary/aromatic N) is 1. The molecule has 1 N–H and O–H groups in total. The highest BCUT2D eigenvalue weighted by Crippen LogP contribution is 2.41. The van der Waals surface area contributed by atoms with Crippen LogP contribution < -0.4 is 10.5 Å². The largest absolute Gasteiger partial charge is 0.354 e. The first-order valence-corrected chi connectivity index (χ1v) is 10.5. The third kappa shape index (κ3) is 2.70. The lowest BCUT2D eigenvalue weighted by Gasteiger charge is -2.25. The van der Waals surface area contributed by atoms with Crippen molar-refractivity contribution in [3.8, 4) is 0 Å². The van der Waals surface area contributed by atoms with E-state index in [1.54, 1.807) is 0 Å². The molecule has 0 radical (unpaired) electrons. The molecule has 3 aliphatic rings. The van der Waals surface area contributed by atoms with Crippen molar-refractivity contribution in [1.82, 2.24) is 4.37 Å². The van der Waals surface area contributed by atoms with Crippen LogP contribution in [0.5, 0.6) is 0 Å². The van der Waals surface area contributed by atoms with Gasteiger partial charge < -0.3 is 4.90 Å². The molecule has 2 atom stereocenters. The fourth-order valence-corrected chi connectivity index (χ4v) is 5.30. The first kappa shape index (κ1) is 17.6. The number of aromatic amines is 1. The molecule has 1 aliphatic heterocycles. The number of H-pyrrole nitrogens is 1. The number of allylic oxidation sites excluding steroid dienone is 4. The van der Waals surface area contributed by atoms with Gasteiger partial charge in [-0.2, -0.15) is 0 Å². The smallest absolute Gasteiger partial charge is 0.271 e. The molecular weight excluding hydrogens is 375 g/mol. The fraction of sp³-hybridized carbons (Fsp3) is 0.364. The summed E-state index contributed by atoms with van der Waals surface area (Å²) in [4.78, 5) is 27.6. The Labute approximate surface area is 166 Å². The highest BCUT2D eigenvalue weighted by Gasteiger charge is 2.38. The van der Waals surface area contributed by atoms with Crippen LogP contribution in [0.2, 0.25) is 0 Å². The molecule has 6 heteroatoms. The zero-order valence-electron chi connectivity index (χ0n) is 15.8. The van der Waals surface area contributed by atoms with Crippen LogP contribution in [0.4, 0.5) is 9.39 Å². The number of ketones is 1. The number of carbonyl (C=O) groups is 1. The molecule has 28 heavy (non-hydrogen) atoms. The van der Waals surface area contributed by atoms with Gasteiger partial charge in [0.2, 0.25) is 5.78 Å². The number of rotatable bonds is 2. The number of aromatic nitrogens is 1. The van der Waals surface area contributed by atoms with E-state index in [0.717, 1.165) is 18.4 Å². The molecule has 1 aromatic heterocycles. The van der Waals surface area contributed by atoms with Crippen molar-refractivity contribution in [3.05, 3.63) is 74.4 Å². The molecule has 0 amide bonds. The monoisotopic (exact) mass is 396 g/mol. The topological polar surface area (TPSA) is 53.2 Å². The van der Waals surface area contributed by atoms with Crippen LogP contribution in [0.15, 0.2) is 40.7 Å². The lowest BCUT2D eigenvalue weighted by molar-refractivity contribution is 0.103. The van der Waals surface area contributed by atoms with Crippen LogP contribution in [-0.4, -0.2) is 16.2 Å². The van der Waals surface area contributed by atoms with Crippen molar-refractivity contribution in [2.75, 3.05) is 4.90 Å². The number of anilines is 1. The maximum atomic E-state index is 15.1. The summed E-state index contributed by atoms with van der Waals surface area (Å²) in [7, 11) is 0. The summed E-state index contributed by atoms with van der Waals surface area (Å²) < 4.78 is 17.8. The summed E-state index contributed by atoms with van der Waals surface area (Å²) >= 11 is 1.21. The van der Waals surface area contributed by atoms with Crippen molar-refractivity contribution in [3.63, 3.8) is 0 Å². The molecular formula is C22H21FN2O2S. The molecule has 4 nitrogen and oxygen atoms in total. The zero-order valence-corrected chi connectivity index (χ0v) is 16.6. The van der Waals surface area contributed by atoms with E-state index in [-0.39, 0.29) is 34.6 Å². The quantitative estimate of drug-likeness (QED) is 0.812. The lowest BCUT2D eigenvalue weighted by atomic mass is 9.81. The number of fused-ring (bicyclic) bond motifs is 2. The Bertz CT molecular complexity index is 1110. The van der Waals surface area contributed by atoms with E-state index in [1.165, 1.54) is 23.2 Å². The standard InChI is InChI=1S/C22H21FN2O2S/c1-11-3-6-15(12(2)7-11)17-8-13-10-25(14-4-5-14)22-19(21(27)24-28-22)20(26)16(13)9-18(17)23/h3,6-9,12,14-15H,4-5,10H2,1-2H3,(H,24,27). The second kappa shape index (κ2) is 6.27. The average molecular weight is 396 g/mol. The molecule has 144 valence electrons. The second-order valence-corrected chi connectivity index (χ2v) is 8.88.